The van der Waals surface area contributed by atoms with Gasteiger partial charge in [0.25, 0.3) is 0 Å². The molecule has 2 rings (SSSR count). The molecule has 2 aliphatic rings. The Hall–Kier alpha value is 0.717. The van der Waals surface area contributed by atoms with Crippen molar-refractivity contribution in [1.82, 2.24) is 0 Å². The molecule has 0 N–H and O–H groups in total. The highest BCUT2D eigenvalue weighted by molar-refractivity contribution is 6.71. The first-order chi connectivity index (χ1) is 8.65. The van der Waals surface area contributed by atoms with Gasteiger partial charge in [-0.15, -0.1) is 23.2 Å². The quantitative estimate of drug-likeness (QED) is 0.565. The summed E-state index contributed by atoms with van der Waals surface area (Å²) in [4.78, 5) is 0. The van der Waals surface area contributed by atoms with Crippen molar-refractivity contribution in [2.45, 2.75) is 66.8 Å². The van der Waals surface area contributed by atoms with E-state index >= 15 is 0 Å². The summed E-state index contributed by atoms with van der Waals surface area (Å²) in [6.45, 7) is 0. The molecule has 0 aromatic heterocycles. The fourth-order valence-electron chi connectivity index (χ4n) is 3.86. The lowest BCUT2D eigenvalue weighted by Crippen LogP contribution is -2.52. The Morgan fingerprint density at radius 3 is 1.94 bits per heavy atom. The van der Waals surface area contributed by atoms with Gasteiger partial charge in [0, 0.05) is 25.3 Å². The third-order valence-electron chi connectivity index (χ3n) is 4.81. The number of halogens is 2. The average Bonchev–Trinajstić information content (AvgIpc) is 2.75. The Bertz CT molecular complexity index is 268. The zero-order chi connectivity index (χ0) is 13.2. The first-order valence-corrected chi connectivity index (χ1v) is 9.88. The predicted octanol–water partition coefficient (Wildman–Crippen LogP) is 4.43. The molecular weight excluding hydrogens is 287 g/mol. The van der Waals surface area contributed by atoms with Gasteiger partial charge >= 0.3 is 8.56 Å². The van der Waals surface area contributed by atoms with E-state index in [0.717, 1.165) is 12.8 Å². The molecular formula is C13H24Cl2O2Si. The van der Waals surface area contributed by atoms with Gasteiger partial charge < -0.3 is 8.85 Å². The van der Waals surface area contributed by atoms with Crippen molar-refractivity contribution in [3.63, 3.8) is 0 Å². The number of hydrogen-bond acceptors (Lipinski definition) is 2. The van der Waals surface area contributed by atoms with Crippen LogP contribution in [0.3, 0.4) is 0 Å². The summed E-state index contributed by atoms with van der Waals surface area (Å²) in [5.74, 6) is 0. The van der Waals surface area contributed by atoms with Crippen LogP contribution in [0.4, 0.5) is 0 Å². The normalized spacial score (nSPS) is 35.0. The number of alkyl halides is 2. The molecule has 0 aromatic carbocycles. The van der Waals surface area contributed by atoms with Gasteiger partial charge in [0.2, 0.25) is 0 Å². The van der Waals surface area contributed by atoms with Crippen LogP contribution < -0.4 is 0 Å². The largest absolute Gasteiger partial charge is 0.397 e. The van der Waals surface area contributed by atoms with Crippen molar-refractivity contribution in [2.75, 3.05) is 14.2 Å². The van der Waals surface area contributed by atoms with Crippen LogP contribution in [0.25, 0.3) is 0 Å². The maximum absolute atomic E-state index is 6.53. The lowest BCUT2D eigenvalue weighted by atomic mass is 10.0. The smallest absolute Gasteiger partial charge is 0.345 e. The van der Waals surface area contributed by atoms with Crippen LogP contribution in [-0.2, 0) is 8.85 Å². The number of hydrogen-bond donors (Lipinski definition) is 0. The summed E-state index contributed by atoms with van der Waals surface area (Å²) in [5, 5.41) is 0.0950. The molecule has 0 saturated heterocycles. The van der Waals surface area contributed by atoms with Crippen molar-refractivity contribution in [3.05, 3.63) is 0 Å². The van der Waals surface area contributed by atoms with Crippen molar-refractivity contribution >= 4 is 31.8 Å². The second-order valence-electron chi connectivity index (χ2n) is 5.61. The Morgan fingerprint density at radius 1 is 0.889 bits per heavy atom. The Morgan fingerprint density at radius 2 is 1.50 bits per heavy atom. The zero-order valence-corrected chi connectivity index (χ0v) is 13.8. The minimum atomic E-state index is -2.23. The van der Waals surface area contributed by atoms with E-state index in [0.29, 0.717) is 11.1 Å². The molecule has 18 heavy (non-hydrogen) atoms. The molecule has 106 valence electrons. The molecule has 0 radical (unpaired) electrons. The van der Waals surface area contributed by atoms with Gasteiger partial charge in [-0.25, -0.2) is 0 Å². The Kier molecular flexibility index (Phi) is 5.41. The van der Waals surface area contributed by atoms with Crippen LogP contribution in [0, 0.1) is 0 Å². The van der Waals surface area contributed by atoms with Crippen molar-refractivity contribution < 1.29 is 8.85 Å². The highest BCUT2D eigenvalue weighted by atomic mass is 35.5. The fourth-order valence-corrected chi connectivity index (χ4v) is 9.56. The molecule has 0 spiro atoms. The highest BCUT2D eigenvalue weighted by Crippen LogP contribution is 2.52. The topological polar surface area (TPSA) is 18.5 Å². The van der Waals surface area contributed by atoms with Crippen LogP contribution in [0.1, 0.15) is 44.9 Å². The summed E-state index contributed by atoms with van der Waals surface area (Å²) >= 11 is 12.8. The fraction of sp³-hybridized carbons (Fsp3) is 1.00. The highest BCUT2D eigenvalue weighted by Gasteiger charge is 2.56. The van der Waals surface area contributed by atoms with Gasteiger partial charge in [-0.2, -0.15) is 0 Å². The van der Waals surface area contributed by atoms with Crippen LogP contribution in [0.2, 0.25) is 11.1 Å². The van der Waals surface area contributed by atoms with Crippen LogP contribution in [-0.4, -0.2) is 33.5 Å². The van der Waals surface area contributed by atoms with Gasteiger partial charge in [-0.05, 0) is 25.7 Å². The molecule has 0 aromatic rings. The van der Waals surface area contributed by atoms with E-state index in [9.17, 15) is 0 Å². The third-order valence-corrected chi connectivity index (χ3v) is 10.9. The van der Waals surface area contributed by atoms with Crippen molar-refractivity contribution in [1.29, 1.82) is 0 Å². The van der Waals surface area contributed by atoms with Crippen LogP contribution in [0.15, 0.2) is 0 Å². The van der Waals surface area contributed by atoms with E-state index in [-0.39, 0.29) is 10.8 Å². The molecule has 2 saturated carbocycles. The minimum Gasteiger partial charge on any atom is -0.397 e. The van der Waals surface area contributed by atoms with Gasteiger partial charge in [-0.1, -0.05) is 19.3 Å². The van der Waals surface area contributed by atoms with Crippen molar-refractivity contribution in [2.24, 2.45) is 0 Å². The Balaban J connectivity index is 2.19. The van der Waals surface area contributed by atoms with Gasteiger partial charge in [0.05, 0.1) is 10.8 Å². The summed E-state index contributed by atoms with van der Waals surface area (Å²) in [6.07, 6.45) is 8.48. The first-order valence-electron chi connectivity index (χ1n) is 7.04. The summed E-state index contributed by atoms with van der Waals surface area (Å²) in [7, 11) is 1.40. The summed E-state index contributed by atoms with van der Waals surface area (Å²) in [6, 6.07) is 0. The molecule has 0 amide bonds. The van der Waals surface area contributed by atoms with E-state index in [4.69, 9.17) is 32.1 Å². The molecule has 3 atom stereocenters. The SMILES string of the molecule is CO[Si](OC)(C1CCCCC1)C1CCC(Cl)C1Cl. The lowest BCUT2D eigenvalue weighted by molar-refractivity contribution is 0.204. The molecule has 0 bridgehead atoms. The standard InChI is InChI=1S/C13H24Cl2O2Si/c1-16-18(17-2,10-6-4-3-5-7-10)12-9-8-11(14)13(12)15/h10-13H,3-9H2,1-2H3. The molecule has 2 aliphatic carbocycles. The van der Waals surface area contributed by atoms with E-state index < -0.39 is 8.56 Å². The summed E-state index contributed by atoms with van der Waals surface area (Å²) in [5.41, 5.74) is 0.939. The van der Waals surface area contributed by atoms with Gasteiger partial charge in [0.1, 0.15) is 0 Å². The lowest BCUT2D eigenvalue weighted by Gasteiger charge is -2.42. The summed E-state index contributed by atoms with van der Waals surface area (Å²) < 4.78 is 12.0. The molecule has 5 heteroatoms. The zero-order valence-electron chi connectivity index (χ0n) is 11.3. The van der Waals surface area contributed by atoms with E-state index in [1.807, 2.05) is 14.2 Å². The average molecular weight is 311 g/mol. The molecule has 3 unspecified atom stereocenters. The Labute approximate surface area is 122 Å². The monoisotopic (exact) mass is 310 g/mol. The van der Waals surface area contributed by atoms with Crippen molar-refractivity contribution in [3.8, 4) is 0 Å². The maximum Gasteiger partial charge on any atom is 0.345 e. The van der Waals surface area contributed by atoms with Crippen LogP contribution in [0.5, 0.6) is 0 Å². The molecule has 2 nitrogen and oxygen atoms in total. The van der Waals surface area contributed by atoms with Gasteiger partial charge in [0.15, 0.2) is 0 Å². The minimum absolute atomic E-state index is 0.0140. The second kappa shape index (κ2) is 6.44. The van der Waals surface area contributed by atoms with E-state index in [1.54, 1.807) is 0 Å². The van der Waals surface area contributed by atoms with E-state index in [2.05, 4.69) is 0 Å². The van der Waals surface area contributed by atoms with Gasteiger partial charge in [-0.3, -0.25) is 0 Å². The number of rotatable bonds is 4. The molecule has 0 heterocycles. The molecule has 2 fully saturated rings. The van der Waals surface area contributed by atoms with E-state index in [1.165, 1.54) is 32.1 Å². The third kappa shape index (κ3) is 2.62. The maximum atomic E-state index is 6.53. The second-order valence-corrected chi connectivity index (χ2v) is 10.5. The molecule has 0 aliphatic heterocycles. The first kappa shape index (κ1) is 15.1. The van der Waals surface area contributed by atoms with Crippen LogP contribution >= 0.6 is 23.2 Å². The predicted molar refractivity (Wildman–Crippen MR) is 78.9 cm³/mol.